The van der Waals surface area contributed by atoms with Crippen molar-refractivity contribution in [3.63, 3.8) is 0 Å². The minimum atomic E-state index is 0.732. The van der Waals surface area contributed by atoms with Crippen LogP contribution in [0.25, 0.3) is 0 Å². The van der Waals surface area contributed by atoms with Gasteiger partial charge in [0.1, 0.15) is 0 Å². The number of rotatable bonds is 9. The number of ether oxygens (including phenoxy) is 2. The van der Waals surface area contributed by atoms with Crippen molar-refractivity contribution in [3.05, 3.63) is 24.3 Å². The average molecular weight is 198 g/mol. The molecule has 2 nitrogen and oxygen atoms in total. The predicted octanol–water partition coefficient (Wildman–Crippen LogP) is 2.95. The normalized spacial score (nSPS) is 11.9. The summed E-state index contributed by atoms with van der Waals surface area (Å²) < 4.78 is 10.7. The number of hydrogen-bond donors (Lipinski definition) is 0. The maximum Gasteiger partial charge on any atom is 0.0647 e. The summed E-state index contributed by atoms with van der Waals surface area (Å²) in [5.41, 5.74) is 0. The van der Waals surface area contributed by atoms with Crippen LogP contribution >= 0.6 is 0 Å². The Balaban J connectivity index is 2.92. The largest absolute Gasteiger partial charge is 0.377 e. The van der Waals surface area contributed by atoms with Crippen molar-refractivity contribution in [1.29, 1.82) is 0 Å². The van der Waals surface area contributed by atoms with Crippen molar-refractivity contribution >= 4 is 0 Å². The fraction of sp³-hybridized carbons (Fsp3) is 0.667. The second-order valence-corrected chi connectivity index (χ2v) is 3.00. The molecule has 0 spiro atoms. The first kappa shape index (κ1) is 13.4. The fourth-order valence-corrected chi connectivity index (χ4v) is 0.903. The molecule has 0 unspecified atom stereocenters. The van der Waals surface area contributed by atoms with E-state index in [-0.39, 0.29) is 0 Å². The van der Waals surface area contributed by atoms with Crippen LogP contribution in [0, 0.1) is 0 Å². The summed E-state index contributed by atoms with van der Waals surface area (Å²) >= 11 is 0. The molecule has 14 heavy (non-hydrogen) atoms. The Morgan fingerprint density at radius 3 is 1.57 bits per heavy atom. The van der Waals surface area contributed by atoms with E-state index in [0.717, 1.165) is 39.3 Å². The first-order valence-electron chi connectivity index (χ1n) is 5.29. The number of hydrogen-bond acceptors (Lipinski definition) is 2. The van der Waals surface area contributed by atoms with Crippen molar-refractivity contribution in [2.75, 3.05) is 26.4 Å². The minimum absolute atomic E-state index is 0.732. The van der Waals surface area contributed by atoms with E-state index in [9.17, 15) is 0 Å². The van der Waals surface area contributed by atoms with Gasteiger partial charge in [0.25, 0.3) is 0 Å². The Morgan fingerprint density at radius 1 is 0.786 bits per heavy atom. The van der Waals surface area contributed by atoms with Gasteiger partial charge in [-0.2, -0.15) is 0 Å². The zero-order chi connectivity index (χ0) is 10.5. The second-order valence-electron chi connectivity index (χ2n) is 3.00. The molecule has 0 aromatic heterocycles. The van der Waals surface area contributed by atoms with Crippen molar-refractivity contribution in [2.45, 2.75) is 26.7 Å². The monoisotopic (exact) mass is 198 g/mol. The molecule has 0 radical (unpaired) electrons. The lowest BCUT2D eigenvalue weighted by molar-refractivity contribution is 0.127. The Bertz CT molecular complexity index is 132. The number of unbranched alkanes of at least 4 members (excludes halogenated alkanes) is 1. The molecule has 82 valence electrons. The van der Waals surface area contributed by atoms with E-state index >= 15 is 0 Å². The van der Waals surface area contributed by atoms with Gasteiger partial charge < -0.3 is 9.47 Å². The van der Waals surface area contributed by atoms with Crippen LogP contribution in [0.3, 0.4) is 0 Å². The molecule has 0 amide bonds. The average Bonchev–Trinajstić information content (AvgIpc) is 2.21. The molecule has 2 heteroatoms. The van der Waals surface area contributed by atoms with Crippen molar-refractivity contribution in [3.8, 4) is 0 Å². The van der Waals surface area contributed by atoms with Gasteiger partial charge in [0.05, 0.1) is 13.2 Å². The highest BCUT2D eigenvalue weighted by Gasteiger charge is 1.88. The van der Waals surface area contributed by atoms with Gasteiger partial charge >= 0.3 is 0 Å². The second kappa shape index (κ2) is 12.4. The highest BCUT2D eigenvalue weighted by molar-refractivity contribution is 4.76. The topological polar surface area (TPSA) is 18.5 Å². The maximum absolute atomic E-state index is 5.35. The summed E-state index contributed by atoms with van der Waals surface area (Å²) in [6.07, 6.45) is 10.2. The van der Waals surface area contributed by atoms with Crippen LogP contribution in [0.5, 0.6) is 0 Å². The minimum Gasteiger partial charge on any atom is -0.377 e. The van der Waals surface area contributed by atoms with Crippen LogP contribution in [0.1, 0.15) is 26.7 Å². The predicted molar refractivity (Wildman–Crippen MR) is 60.5 cm³/mol. The zero-order valence-corrected chi connectivity index (χ0v) is 9.37. The molecule has 0 saturated carbocycles. The fourth-order valence-electron chi connectivity index (χ4n) is 0.903. The standard InChI is InChI=1S/C12H22O2/c1-3-5-9-13-11-7-8-12-14-10-6-4-2/h3-6H,7-12H2,1-2H3. The molecule has 0 aliphatic heterocycles. The molecule has 0 bridgehead atoms. The molecule has 0 heterocycles. The quantitative estimate of drug-likeness (QED) is 0.419. The van der Waals surface area contributed by atoms with Gasteiger partial charge in [-0.05, 0) is 26.7 Å². The maximum atomic E-state index is 5.35. The third kappa shape index (κ3) is 11.4. The zero-order valence-electron chi connectivity index (χ0n) is 9.37. The summed E-state index contributed by atoms with van der Waals surface area (Å²) in [4.78, 5) is 0. The summed E-state index contributed by atoms with van der Waals surface area (Å²) in [5.74, 6) is 0. The molecule has 0 aromatic rings. The lowest BCUT2D eigenvalue weighted by Crippen LogP contribution is -1.99. The molecular weight excluding hydrogens is 176 g/mol. The number of allylic oxidation sites excluding steroid dienone is 2. The van der Waals surface area contributed by atoms with Crippen LogP contribution in [-0.2, 0) is 9.47 Å². The molecule has 0 aliphatic rings. The van der Waals surface area contributed by atoms with Crippen LogP contribution < -0.4 is 0 Å². The van der Waals surface area contributed by atoms with Crippen molar-refractivity contribution in [2.24, 2.45) is 0 Å². The van der Waals surface area contributed by atoms with Gasteiger partial charge in [-0.25, -0.2) is 0 Å². The van der Waals surface area contributed by atoms with Gasteiger partial charge in [0.2, 0.25) is 0 Å². The summed E-state index contributed by atoms with van der Waals surface area (Å²) in [5, 5.41) is 0. The molecule has 0 rings (SSSR count). The lowest BCUT2D eigenvalue weighted by atomic mass is 10.3. The smallest absolute Gasteiger partial charge is 0.0647 e. The third-order valence-corrected chi connectivity index (χ3v) is 1.73. The van der Waals surface area contributed by atoms with Gasteiger partial charge in [0.15, 0.2) is 0 Å². The van der Waals surface area contributed by atoms with E-state index < -0.39 is 0 Å². The van der Waals surface area contributed by atoms with Gasteiger partial charge in [-0.1, -0.05) is 24.3 Å². The van der Waals surface area contributed by atoms with E-state index in [1.54, 1.807) is 0 Å². The summed E-state index contributed by atoms with van der Waals surface area (Å²) in [6.45, 7) is 7.12. The molecule has 0 aromatic carbocycles. The molecule has 0 aliphatic carbocycles. The van der Waals surface area contributed by atoms with Gasteiger partial charge in [-0.15, -0.1) is 0 Å². The Kier molecular flexibility index (Phi) is 11.9. The first-order chi connectivity index (χ1) is 6.91. The van der Waals surface area contributed by atoms with Crippen LogP contribution in [0.4, 0.5) is 0 Å². The summed E-state index contributed by atoms with van der Waals surface area (Å²) in [7, 11) is 0. The van der Waals surface area contributed by atoms with Crippen molar-refractivity contribution < 1.29 is 9.47 Å². The first-order valence-corrected chi connectivity index (χ1v) is 5.29. The molecule has 0 saturated heterocycles. The van der Waals surface area contributed by atoms with Gasteiger partial charge in [-0.3, -0.25) is 0 Å². The highest BCUT2D eigenvalue weighted by Crippen LogP contribution is 1.92. The Morgan fingerprint density at radius 2 is 1.21 bits per heavy atom. The SMILES string of the molecule is CC=CCOCCCCOCC=CC. The Labute approximate surface area is 87.6 Å². The van der Waals surface area contributed by atoms with Crippen molar-refractivity contribution in [1.82, 2.24) is 0 Å². The van der Waals surface area contributed by atoms with Crippen LogP contribution in [0.2, 0.25) is 0 Å². The third-order valence-electron chi connectivity index (χ3n) is 1.73. The van der Waals surface area contributed by atoms with Crippen LogP contribution in [-0.4, -0.2) is 26.4 Å². The van der Waals surface area contributed by atoms with E-state index in [1.165, 1.54) is 0 Å². The van der Waals surface area contributed by atoms with E-state index in [0.29, 0.717) is 0 Å². The van der Waals surface area contributed by atoms with Gasteiger partial charge in [0, 0.05) is 13.2 Å². The molecule has 0 fully saturated rings. The van der Waals surface area contributed by atoms with E-state index in [4.69, 9.17) is 9.47 Å². The molecular formula is C12H22O2. The van der Waals surface area contributed by atoms with E-state index in [1.807, 2.05) is 38.2 Å². The highest BCUT2D eigenvalue weighted by atomic mass is 16.5. The Hall–Kier alpha value is -0.600. The van der Waals surface area contributed by atoms with Crippen LogP contribution in [0.15, 0.2) is 24.3 Å². The molecule has 0 N–H and O–H groups in total. The lowest BCUT2D eigenvalue weighted by Gasteiger charge is -2.01. The van der Waals surface area contributed by atoms with E-state index in [2.05, 4.69) is 0 Å². The molecule has 0 atom stereocenters. The summed E-state index contributed by atoms with van der Waals surface area (Å²) in [6, 6.07) is 0.